The van der Waals surface area contributed by atoms with Crippen molar-refractivity contribution in [3.63, 3.8) is 0 Å². The van der Waals surface area contributed by atoms with Crippen LogP contribution in [0.2, 0.25) is 0 Å². The quantitative estimate of drug-likeness (QED) is 0.274. The van der Waals surface area contributed by atoms with Gasteiger partial charge in [0.2, 0.25) is 0 Å². The fourth-order valence-corrected chi connectivity index (χ4v) is 5.06. The van der Waals surface area contributed by atoms with Gasteiger partial charge in [-0.1, -0.05) is 99.6 Å². The zero-order chi connectivity index (χ0) is 24.7. The van der Waals surface area contributed by atoms with Gasteiger partial charge < -0.3 is 9.88 Å². The predicted octanol–water partition coefficient (Wildman–Crippen LogP) is 9.49. The first-order chi connectivity index (χ1) is 17.5. The Morgan fingerprint density at radius 2 is 1.22 bits per heavy atom. The molecule has 0 fully saturated rings. The van der Waals surface area contributed by atoms with E-state index >= 15 is 0 Å². The molecular weight excluding hydrogens is 436 g/mol. The molecule has 1 heterocycles. The summed E-state index contributed by atoms with van der Waals surface area (Å²) in [5, 5.41) is 6.28. The highest BCUT2D eigenvalue weighted by molar-refractivity contribution is 6.09. The van der Waals surface area contributed by atoms with Crippen LogP contribution in [-0.2, 0) is 5.41 Å². The van der Waals surface area contributed by atoms with Gasteiger partial charge in [0.05, 0.1) is 11.0 Å². The van der Waals surface area contributed by atoms with Gasteiger partial charge in [-0.2, -0.15) is 0 Å². The molecule has 1 N–H and O–H groups in total. The second-order valence-corrected chi connectivity index (χ2v) is 10.4. The average molecular weight is 467 g/mol. The first-order valence-electron chi connectivity index (χ1n) is 12.5. The van der Waals surface area contributed by atoms with E-state index in [9.17, 15) is 0 Å². The Balaban J connectivity index is 1.46. The van der Waals surface area contributed by atoms with Crippen molar-refractivity contribution in [3.05, 3.63) is 127 Å². The maximum Gasteiger partial charge on any atom is 0.0541 e. The molecule has 0 saturated heterocycles. The third kappa shape index (κ3) is 3.95. The molecule has 0 aliphatic heterocycles. The fourth-order valence-electron chi connectivity index (χ4n) is 5.06. The number of anilines is 2. The molecule has 2 heteroatoms. The molecule has 0 bridgehead atoms. The summed E-state index contributed by atoms with van der Waals surface area (Å²) in [6.45, 7) is 6.79. The van der Waals surface area contributed by atoms with Crippen molar-refractivity contribution in [1.29, 1.82) is 0 Å². The lowest BCUT2D eigenvalue weighted by Crippen LogP contribution is -2.11. The molecule has 1 aromatic heterocycles. The van der Waals surface area contributed by atoms with Crippen LogP contribution in [0.15, 0.2) is 121 Å². The third-order valence-corrected chi connectivity index (χ3v) is 6.93. The van der Waals surface area contributed by atoms with E-state index in [1.807, 2.05) is 0 Å². The molecule has 0 amide bonds. The zero-order valence-electron chi connectivity index (χ0n) is 21.0. The molecule has 0 saturated carbocycles. The molecule has 0 spiro atoms. The van der Waals surface area contributed by atoms with Gasteiger partial charge >= 0.3 is 0 Å². The standard InChI is InChI=1S/C34H30N2/c1-34(2,3)25-20-21-31(30(22-25)24-12-5-4-6-13-24)35-26-14-11-15-27(23-26)36-32-18-9-7-16-28(32)29-17-8-10-19-33(29)36/h4-23,35H,1-3H3. The van der Waals surface area contributed by atoms with Crippen LogP contribution in [-0.4, -0.2) is 4.57 Å². The van der Waals surface area contributed by atoms with Crippen molar-refractivity contribution >= 4 is 33.2 Å². The van der Waals surface area contributed by atoms with Crippen LogP contribution in [0.4, 0.5) is 11.4 Å². The number of aromatic nitrogens is 1. The smallest absolute Gasteiger partial charge is 0.0541 e. The van der Waals surface area contributed by atoms with Crippen LogP contribution >= 0.6 is 0 Å². The van der Waals surface area contributed by atoms with E-state index in [0.29, 0.717) is 0 Å². The Kier molecular flexibility index (Phi) is 5.38. The van der Waals surface area contributed by atoms with E-state index < -0.39 is 0 Å². The second-order valence-electron chi connectivity index (χ2n) is 10.4. The molecule has 5 aromatic carbocycles. The van der Waals surface area contributed by atoms with Crippen molar-refractivity contribution in [2.24, 2.45) is 0 Å². The predicted molar refractivity (Wildman–Crippen MR) is 155 cm³/mol. The Morgan fingerprint density at radius 3 is 1.89 bits per heavy atom. The SMILES string of the molecule is CC(C)(C)c1ccc(Nc2cccc(-n3c4ccccc4c4ccccc43)c2)c(-c2ccccc2)c1. The molecule has 0 radical (unpaired) electrons. The number of hydrogen-bond acceptors (Lipinski definition) is 1. The van der Waals surface area contributed by atoms with Gasteiger partial charge in [0.15, 0.2) is 0 Å². The molecule has 0 aliphatic carbocycles. The number of rotatable bonds is 4. The van der Waals surface area contributed by atoms with Crippen LogP contribution in [0.3, 0.4) is 0 Å². The Bertz CT molecular complexity index is 1630. The second kappa shape index (κ2) is 8.73. The van der Waals surface area contributed by atoms with Crippen LogP contribution in [0.1, 0.15) is 26.3 Å². The highest BCUT2D eigenvalue weighted by atomic mass is 15.0. The normalized spacial score (nSPS) is 11.8. The zero-order valence-corrected chi connectivity index (χ0v) is 21.0. The molecule has 36 heavy (non-hydrogen) atoms. The molecular formula is C34H30N2. The van der Waals surface area contributed by atoms with Crippen LogP contribution in [0.5, 0.6) is 0 Å². The van der Waals surface area contributed by atoms with Gasteiger partial charge in [-0.05, 0) is 59.0 Å². The Morgan fingerprint density at radius 1 is 0.583 bits per heavy atom. The van der Waals surface area contributed by atoms with E-state index in [0.717, 1.165) is 17.1 Å². The van der Waals surface area contributed by atoms with Gasteiger partial charge in [0.1, 0.15) is 0 Å². The minimum Gasteiger partial charge on any atom is -0.355 e. The number of benzene rings is 5. The van der Waals surface area contributed by atoms with E-state index in [1.54, 1.807) is 0 Å². The summed E-state index contributed by atoms with van der Waals surface area (Å²) < 4.78 is 2.36. The largest absolute Gasteiger partial charge is 0.355 e. The molecule has 0 unspecified atom stereocenters. The van der Waals surface area contributed by atoms with E-state index in [4.69, 9.17) is 0 Å². The fraction of sp³-hybridized carbons (Fsp3) is 0.118. The first kappa shape index (κ1) is 22.2. The maximum absolute atomic E-state index is 3.73. The monoisotopic (exact) mass is 466 g/mol. The summed E-state index contributed by atoms with van der Waals surface area (Å²) in [4.78, 5) is 0. The lowest BCUT2D eigenvalue weighted by Gasteiger charge is -2.22. The highest BCUT2D eigenvalue weighted by Gasteiger charge is 2.17. The minimum absolute atomic E-state index is 0.0819. The van der Waals surface area contributed by atoms with Crippen molar-refractivity contribution < 1.29 is 0 Å². The van der Waals surface area contributed by atoms with Crippen molar-refractivity contribution in [2.45, 2.75) is 26.2 Å². The summed E-state index contributed by atoms with van der Waals surface area (Å²) in [6.07, 6.45) is 0. The van der Waals surface area contributed by atoms with Gasteiger partial charge in [-0.3, -0.25) is 0 Å². The maximum atomic E-state index is 3.73. The van der Waals surface area contributed by atoms with Crippen molar-refractivity contribution in [1.82, 2.24) is 4.57 Å². The topological polar surface area (TPSA) is 17.0 Å². The van der Waals surface area contributed by atoms with Crippen LogP contribution in [0.25, 0.3) is 38.6 Å². The Hall–Kier alpha value is -4.30. The number of nitrogens with zero attached hydrogens (tertiary/aromatic N) is 1. The van der Waals surface area contributed by atoms with E-state index in [-0.39, 0.29) is 5.41 Å². The molecule has 0 atom stereocenters. The first-order valence-corrected chi connectivity index (χ1v) is 12.5. The van der Waals surface area contributed by atoms with Crippen molar-refractivity contribution in [2.75, 3.05) is 5.32 Å². The molecule has 6 aromatic rings. The minimum atomic E-state index is 0.0819. The molecule has 2 nitrogen and oxygen atoms in total. The molecule has 6 rings (SSSR count). The third-order valence-electron chi connectivity index (χ3n) is 6.93. The summed E-state index contributed by atoms with van der Waals surface area (Å²) in [5.74, 6) is 0. The van der Waals surface area contributed by atoms with Crippen LogP contribution in [0, 0.1) is 0 Å². The summed E-state index contributed by atoms with van der Waals surface area (Å²) in [6, 6.07) is 43.4. The van der Waals surface area contributed by atoms with Gasteiger partial charge in [0.25, 0.3) is 0 Å². The van der Waals surface area contributed by atoms with Gasteiger partial charge in [-0.25, -0.2) is 0 Å². The van der Waals surface area contributed by atoms with Gasteiger partial charge in [-0.15, -0.1) is 0 Å². The van der Waals surface area contributed by atoms with Gasteiger partial charge in [0, 0.05) is 33.4 Å². The highest BCUT2D eigenvalue weighted by Crippen LogP contribution is 2.36. The lowest BCUT2D eigenvalue weighted by molar-refractivity contribution is 0.590. The van der Waals surface area contributed by atoms with Crippen LogP contribution < -0.4 is 5.32 Å². The van der Waals surface area contributed by atoms with E-state index in [1.165, 1.54) is 38.5 Å². The number of hydrogen-bond donors (Lipinski definition) is 1. The Labute approximate surface area is 212 Å². The average Bonchev–Trinajstić information content (AvgIpc) is 3.23. The summed E-state index contributed by atoms with van der Waals surface area (Å²) in [5.41, 5.74) is 9.58. The number of nitrogens with one attached hydrogen (secondary N) is 1. The number of fused-ring (bicyclic) bond motifs is 3. The molecule has 176 valence electrons. The lowest BCUT2D eigenvalue weighted by atomic mass is 9.85. The van der Waals surface area contributed by atoms with E-state index in [2.05, 4.69) is 152 Å². The number of para-hydroxylation sites is 2. The molecule has 0 aliphatic rings. The summed E-state index contributed by atoms with van der Waals surface area (Å²) in [7, 11) is 0. The summed E-state index contributed by atoms with van der Waals surface area (Å²) >= 11 is 0. The van der Waals surface area contributed by atoms with Crippen molar-refractivity contribution in [3.8, 4) is 16.8 Å².